The molecule has 3 unspecified atom stereocenters. The summed E-state index contributed by atoms with van der Waals surface area (Å²) in [5.74, 6) is 1.53. The SMILES string of the molecule is CCC1CCC(C2(C#N)CC3CCC2O3)CC1. The van der Waals surface area contributed by atoms with E-state index in [0.29, 0.717) is 12.0 Å². The van der Waals surface area contributed by atoms with E-state index in [1.807, 2.05) is 0 Å². The Kier molecular flexibility index (Phi) is 2.91. The second-order valence-electron chi connectivity index (χ2n) is 6.31. The van der Waals surface area contributed by atoms with E-state index in [0.717, 1.165) is 18.8 Å². The van der Waals surface area contributed by atoms with Crippen molar-refractivity contribution < 1.29 is 4.74 Å². The average molecular weight is 233 g/mol. The van der Waals surface area contributed by atoms with Crippen molar-refractivity contribution in [1.29, 1.82) is 5.26 Å². The van der Waals surface area contributed by atoms with Crippen LogP contribution in [0.3, 0.4) is 0 Å². The Balaban J connectivity index is 1.73. The summed E-state index contributed by atoms with van der Waals surface area (Å²) in [5.41, 5.74) is -0.109. The Morgan fingerprint density at radius 1 is 1.18 bits per heavy atom. The van der Waals surface area contributed by atoms with E-state index in [1.165, 1.54) is 38.5 Å². The van der Waals surface area contributed by atoms with Crippen molar-refractivity contribution in [3.05, 3.63) is 0 Å². The molecule has 3 fully saturated rings. The van der Waals surface area contributed by atoms with Crippen molar-refractivity contribution in [2.24, 2.45) is 17.3 Å². The molecule has 2 aliphatic heterocycles. The van der Waals surface area contributed by atoms with Gasteiger partial charge >= 0.3 is 0 Å². The Morgan fingerprint density at radius 2 is 1.94 bits per heavy atom. The van der Waals surface area contributed by atoms with E-state index in [4.69, 9.17) is 4.74 Å². The molecule has 0 aromatic rings. The lowest BCUT2D eigenvalue weighted by atomic mass is 9.61. The minimum absolute atomic E-state index is 0.109. The van der Waals surface area contributed by atoms with Crippen molar-refractivity contribution in [2.45, 2.75) is 70.5 Å². The number of hydrogen-bond acceptors (Lipinski definition) is 2. The van der Waals surface area contributed by atoms with Crippen LogP contribution in [0.4, 0.5) is 0 Å². The molecule has 1 saturated carbocycles. The summed E-state index contributed by atoms with van der Waals surface area (Å²) in [6.07, 6.45) is 10.5. The number of rotatable bonds is 2. The molecule has 1 aliphatic carbocycles. The molecule has 2 saturated heterocycles. The van der Waals surface area contributed by atoms with E-state index in [-0.39, 0.29) is 11.5 Å². The first-order valence-corrected chi connectivity index (χ1v) is 7.35. The molecule has 0 amide bonds. The molecule has 3 aliphatic rings. The first-order valence-electron chi connectivity index (χ1n) is 7.35. The summed E-state index contributed by atoms with van der Waals surface area (Å²) in [6, 6.07) is 2.69. The summed E-state index contributed by atoms with van der Waals surface area (Å²) >= 11 is 0. The van der Waals surface area contributed by atoms with E-state index in [2.05, 4.69) is 13.0 Å². The van der Waals surface area contributed by atoms with Crippen molar-refractivity contribution in [2.75, 3.05) is 0 Å². The van der Waals surface area contributed by atoms with Gasteiger partial charge in [0.15, 0.2) is 0 Å². The van der Waals surface area contributed by atoms with Gasteiger partial charge in [0.25, 0.3) is 0 Å². The van der Waals surface area contributed by atoms with E-state index < -0.39 is 0 Å². The van der Waals surface area contributed by atoms with Crippen LogP contribution < -0.4 is 0 Å². The first kappa shape index (κ1) is 11.5. The van der Waals surface area contributed by atoms with E-state index in [1.54, 1.807) is 0 Å². The highest BCUT2D eigenvalue weighted by Gasteiger charge is 2.56. The number of hydrogen-bond donors (Lipinski definition) is 0. The Hall–Kier alpha value is -0.550. The number of ether oxygens (including phenoxy) is 1. The van der Waals surface area contributed by atoms with Crippen molar-refractivity contribution in [1.82, 2.24) is 0 Å². The summed E-state index contributed by atoms with van der Waals surface area (Å²) < 4.78 is 5.96. The third kappa shape index (κ3) is 1.71. The van der Waals surface area contributed by atoms with E-state index >= 15 is 0 Å². The molecule has 3 rings (SSSR count). The Morgan fingerprint density at radius 3 is 2.41 bits per heavy atom. The minimum Gasteiger partial charge on any atom is -0.373 e. The largest absolute Gasteiger partial charge is 0.373 e. The smallest absolute Gasteiger partial charge is 0.0887 e. The topological polar surface area (TPSA) is 33.0 Å². The van der Waals surface area contributed by atoms with Crippen molar-refractivity contribution in [3.8, 4) is 6.07 Å². The number of nitrogens with zero attached hydrogens (tertiary/aromatic N) is 1. The van der Waals surface area contributed by atoms with Crippen LogP contribution >= 0.6 is 0 Å². The molecule has 2 nitrogen and oxygen atoms in total. The van der Waals surface area contributed by atoms with Crippen LogP contribution in [0.2, 0.25) is 0 Å². The van der Waals surface area contributed by atoms with Crippen LogP contribution in [-0.2, 0) is 4.74 Å². The molecule has 17 heavy (non-hydrogen) atoms. The van der Waals surface area contributed by atoms with Gasteiger partial charge in [0.05, 0.1) is 23.7 Å². The molecule has 3 atom stereocenters. The fraction of sp³-hybridized carbons (Fsp3) is 0.933. The maximum Gasteiger partial charge on any atom is 0.0887 e. The van der Waals surface area contributed by atoms with Gasteiger partial charge in [0.2, 0.25) is 0 Å². The van der Waals surface area contributed by atoms with Gasteiger partial charge in [0, 0.05) is 0 Å². The molecule has 2 heteroatoms. The lowest BCUT2D eigenvalue weighted by molar-refractivity contribution is 0.0419. The van der Waals surface area contributed by atoms with Gasteiger partial charge in [-0.05, 0) is 43.9 Å². The zero-order valence-corrected chi connectivity index (χ0v) is 10.8. The number of nitriles is 1. The van der Waals surface area contributed by atoms with Gasteiger partial charge in [-0.3, -0.25) is 0 Å². The molecule has 94 valence electrons. The minimum atomic E-state index is -0.109. The Bertz CT molecular complexity index is 326. The molecule has 0 spiro atoms. The summed E-state index contributed by atoms with van der Waals surface area (Å²) in [4.78, 5) is 0. The summed E-state index contributed by atoms with van der Waals surface area (Å²) in [7, 11) is 0. The van der Waals surface area contributed by atoms with E-state index in [9.17, 15) is 5.26 Å². The third-order valence-corrected chi connectivity index (χ3v) is 5.61. The third-order valence-electron chi connectivity index (χ3n) is 5.61. The zero-order valence-electron chi connectivity index (χ0n) is 10.8. The lowest BCUT2D eigenvalue weighted by Crippen LogP contribution is -2.40. The standard InChI is InChI=1S/C15H23NO/c1-2-11-3-5-12(6-4-11)15(10-16)9-13-7-8-14(15)17-13/h11-14H,2-9H2,1H3. The molecular formula is C15H23NO. The average Bonchev–Trinajstić information content (AvgIpc) is 2.99. The molecular weight excluding hydrogens is 210 g/mol. The summed E-state index contributed by atoms with van der Waals surface area (Å²) in [5, 5.41) is 9.68. The highest BCUT2D eigenvalue weighted by atomic mass is 16.5. The normalized spacial score (nSPS) is 49.2. The predicted octanol–water partition coefficient (Wildman–Crippen LogP) is 3.66. The van der Waals surface area contributed by atoms with Gasteiger partial charge in [-0.15, -0.1) is 0 Å². The second kappa shape index (κ2) is 4.28. The maximum absolute atomic E-state index is 9.68. The fourth-order valence-corrected chi connectivity index (χ4v) is 4.47. The van der Waals surface area contributed by atoms with Crippen LogP contribution in [0.5, 0.6) is 0 Å². The molecule has 0 aromatic carbocycles. The summed E-state index contributed by atoms with van der Waals surface area (Å²) in [6.45, 7) is 2.30. The number of fused-ring (bicyclic) bond motifs is 2. The molecule has 0 radical (unpaired) electrons. The van der Waals surface area contributed by atoms with Gasteiger partial charge < -0.3 is 4.74 Å². The highest BCUT2D eigenvalue weighted by molar-refractivity contribution is 5.15. The van der Waals surface area contributed by atoms with Crippen LogP contribution in [0, 0.1) is 28.6 Å². The quantitative estimate of drug-likeness (QED) is 0.729. The van der Waals surface area contributed by atoms with Gasteiger partial charge in [-0.1, -0.05) is 26.2 Å². The Labute approximate surface area is 104 Å². The fourth-order valence-electron chi connectivity index (χ4n) is 4.47. The van der Waals surface area contributed by atoms with Gasteiger partial charge in [0.1, 0.15) is 0 Å². The lowest BCUT2D eigenvalue weighted by Gasteiger charge is -2.40. The van der Waals surface area contributed by atoms with Crippen LogP contribution in [0.25, 0.3) is 0 Å². The molecule has 2 bridgehead atoms. The first-order chi connectivity index (χ1) is 8.28. The van der Waals surface area contributed by atoms with Crippen LogP contribution in [0.1, 0.15) is 58.3 Å². The predicted molar refractivity (Wildman–Crippen MR) is 66.3 cm³/mol. The molecule has 0 N–H and O–H groups in total. The van der Waals surface area contributed by atoms with Crippen LogP contribution in [0.15, 0.2) is 0 Å². The maximum atomic E-state index is 9.68. The van der Waals surface area contributed by atoms with Gasteiger partial charge in [-0.2, -0.15) is 5.26 Å². The molecule has 0 aromatic heterocycles. The van der Waals surface area contributed by atoms with Crippen LogP contribution in [-0.4, -0.2) is 12.2 Å². The zero-order chi connectivity index (χ0) is 11.9. The highest BCUT2D eigenvalue weighted by Crippen LogP contribution is 2.55. The van der Waals surface area contributed by atoms with Gasteiger partial charge in [-0.25, -0.2) is 0 Å². The monoisotopic (exact) mass is 233 g/mol. The van der Waals surface area contributed by atoms with Crippen molar-refractivity contribution >= 4 is 0 Å². The second-order valence-corrected chi connectivity index (χ2v) is 6.31. The van der Waals surface area contributed by atoms with Crippen molar-refractivity contribution in [3.63, 3.8) is 0 Å². The molecule has 2 heterocycles.